The van der Waals surface area contributed by atoms with E-state index < -0.39 is 0 Å². The van der Waals surface area contributed by atoms with E-state index >= 15 is 0 Å². The Kier molecular flexibility index (Phi) is 0.355. The molecule has 1 unspecified atom stereocenters. The Morgan fingerprint density at radius 1 is 1.62 bits per heavy atom. The first kappa shape index (κ1) is 3.97. The van der Waals surface area contributed by atoms with Gasteiger partial charge in [-0.25, -0.2) is 0 Å². The molecular formula is C7H10B. The van der Waals surface area contributed by atoms with E-state index in [1.807, 2.05) is 0 Å². The van der Waals surface area contributed by atoms with Crippen LogP contribution in [0.25, 0.3) is 0 Å². The number of fused-ring (bicyclic) bond motifs is 1. The lowest BCUT2D eigenvalue weighted by Crippen LogP contribution is -2.20. The van der Waals surface area contributed by atoms with Gasteiger partial charge >= 0.3 is 0 Å². The second-order valence-corrected chi connectivity index (χ2v) is 4.13. The Morgan fingerprint density at radius 3 is 2.62 bits per heavy atom. The summed E-state index contributed by atoms with van der Waals surface area (Å²) < 4.78 is 0. The predicted molar refractivity (Wildman–Crippen MR) is 34.1 cm³/mol. The Bertz CT molecular complexity index is 153. The van der Waals surface area contributed by atoms with Gasteiger partial charge in [-0.1, -0.05) is 25.5 Å². The molecular weight excluding hydrogens is 94.9 g/mol. The fourth-order valence-electron chi connectivity index (χ4n) is 3.10. The monoisotopic (exact) mass is 105 g/mol. The average Bonchev–Trinajstić information content (AvgIpc) is 2.11. The van der Waals surface area contributed by atoms with Crippen molar-refractivity contribution in [3.05, 3.63) is 0 Å². The SMILES string of the molecule is C[C@@]12C[C@@]13C[B]C2C3. The first-order valence-corrected chi connectivity index (χ1v) is 3.60. The van der Waals surface area contributed by atoms with Gasteiger partial charge in [0.05, 0.1) is 0 Å². The molecule has 3 atom stereocenters. The van der Waals surface area contributed by atoms with Gasteiger partial charge in [-0.3, -0.25) is 0 Å². The van der Waals surface area contributed by atoms with E-state index in [0.29, 0.717) is 0 Å². The molecule has 4 aliphatic rings. The normalized spacial score (nSPS) is 72.9. The van der Waals surface area contributed by atoms with Crippen molar-refractivity contribution in [3.63, 3.8) is 0 Å². The molecule has 1 radical (unpaired) electrons. The Hall–Kier alpha value is 0.0649. The third-order valence-electron chi connectivity index (χ3n) is 4.01. The lowest BCUT2D eigenvalue weighted by Gasteiger charge is -2.32. The van der Waals surface area contributed by atoms with E-state index in [-0.39, 0.29) is 0 Å². The number of rotatable bonds is 0. The fraction of sp³-hybridized carbons (Fsp3) is 1.00. The summed E-state index contributed by atoms with van der Waals surface area (Å²) in [5.41, 5.74) is 1.73. The average molecular weight is 105 g/mol. The Labute approximate surface area is 50.9 Å². The smallest absolute Gasteiger partial charge is 0.0739 e. The molecule has 0 aromatic heterocycles. The second-order valence-electron chi connectivity index (χ2n) is 4.13. The maximum absolute atomic E-state index is 2.55. The van der Waals surface area contributed by atoms with E-state index in [1.54, 1.807) is 12.8 Å². The van der Waals surface area contributed by atoms with Gasteiger partial charge < -0.3 is 0 Å². The van der Waals surface area contributed by atoms with Crippen molar-refractivity contribution in [2.75, 3.05) is 0 Å². The molecule has 8 heavy (non-hydrogen) atoms. The predicted octanol–water partition coefficient (Wildman–Crippen LogP) is 1.71. The zero-order valence-electron chi connectivity index (χ0n) is 5.28. The molecule has 0 aromatic carbocycles. The number of hydrogen-bond donors (Lipinski definition) is 0. The van der Waals surface area contributed by atoms with Crippen LogP contribution in [-0.2, 0) is 0 Å². The molecule has 2 bridgehead atoms. The van der Waals surface area contributed by atoms with Crippen LogP contribution in [0.15, 0.2) is 0 Å². The zero-order chi connectivity index (χ0) is 5.41. The van der Waals surface area contributed by atoms with E-state index in [0.717, 1.165) is 16.6 Å². The molecule has 0 N–H and O–H groups in total. The van der Waals surface area contributed by atoms with Gasteiger partial charge in [-0.05, 0) is 17.3 Å². The molecule has 2 aliphatic heterocycles. The van der Waals surface area contributed by atoms with Crippen molar-refractivity contribution >= 4 is 7.28 Å². The molecule has 41 valence electrons. The van der Waals surface area contributed by atoms with Gasteiger partial charge in [0.1, 0.15) is 7.28 Å². The highest BCUT2D eigenvalue weighted by Crippen LogP contribution is 2.88. The Morgan fingerprint density at radius 2 is 2.50 bits per heavy atom. The molecule has 1 spiro atoms. The van der Waals surface area contributed by atoms with Crippen LogP contribution < -0.4 is 0 Å². The van der Waals surface area contributed by atoms with Gasteiger partial charge in [0.15, 0.2) is 0 Å². The molecule has 4 rings (SSSR count). The van der Waals surface area contributed by atoms with Crippen molar-refractivity contribution in [2.45, 2.75) is 31.9 Å². The number of hydrogen-bond acceptors (Lipinski definition) is 0. The minimum atomic E-state index is 0.840. The molecule has 4 fully saturated rings. The van der Waals surface area contributed by atoms with Crippen LogP contribution in [0.4, 0.5) is 0 Å². The summed E-state index contributed by atoms with van der Waals surface area (Å²) in [7, 11) is 2.55. The summed E-state index contributed by atoms with van der Waals surface area (Å²) in [5.74, 6) is 1.04. The summed E-state index contributed by atoms with van der Waals surface area (Å²) in [5, 5.41) is 0. The van der Waals surface area contributed by atoms with Crippen molar-refractivity contribution in [3.8, 4) is 0 Å². The van der Waals surface area contributed by atoms with Gasteiger partial charge in [0.25, 0.3) is 0 Å². The topological polar surface area (TPSA) is 0 Å². The molecule has 0 amide bonds. The lowest BCUT2D eigenvalue weighted by molar-refractivity contribution is 0.252. The standard InChI is InChI=1S/C7H10B/c1-6-3-7(6)2-5(6)8-4-7/h5H,2-4H2,1H3/t5?,6-,7-/m0/s1. The molecule has 2 saturated carbocycles. The molecule has 1 heteroatoms. The van der Waals surface area contributed by atoms with Crippen molar-refractivity contribution in [1.82, 2.24) is 0 Å². The van der Waals surface area contributed by atoms with Gasteiger partial charge in [-0.15, -0.1) is 0 Å². The van der Waals surface area contributed by atoms with Gasteiger partial charge in [0, 0.05) is 0 Å². The van der Waals surface area contributed by atoms with Crippen LogP contribution in [-0.4, -0.2) is 7.28 Å². The molecule has 0 nitrogen and oxygen atoms in total. The highest BCUT2D eigenvalue weighted by atomic mass is 14.8. The lowest BCUT2D eigenvalue weighted by atomic mass is 9.61. The maximum atomic E-state index is 2.55. The zero-order valence-corrected chi connectivity index (χ0v) is 5.28. The van der Waals surface area contributed by atoms with Crippen molar-refractivity contribution in [2.24, 2.45) is 10.8 Å². The fourth-order valence-corrected chi connectivity index (χ4v) is 3.10. The molecule has 2 heterocycles. The van der Waals surface area contributed by atoms with Crippen LogP contribution in [0, 0.1) is 10.8 Å². The van der Waals surface area contributed by atoms with Crippen molar-refractivity contribution < 1.29 is 0 Å². The first-order chi connectivity index (χ1) is 3.77. The van der Waals surface area contributed by atoms with Crippen LogP contribution in [0.2, 0.25) is 12.1 Å². The highest BCUT2D eigenvalue weighted by molar-refractivity contribution is 6.42. The van der Waals surface area contributed by atoms with Crippen LogP contribution >= 0.6 is 0 Å². The minimum Gasteiger partial charge on any atom is -0.0739 e. The van der Waals surface area contributed by atoms with Crippen molar-refractivity contribution in [1.29, 1.82) is 0 Å². The largest absolute Gasteiger partial charge is 0.115 e. The molecule has 2 saturated heterocycles. The van der Waals surface area contributed by atoms with Gasteiger partial charge in [0.2, 0.25) is 0 Å². The van der Waals surface area contributed by atoms with E-state index in [9.17, 15) is 0 Å². The van der Waals surface area contributed by atoms with E-state index in [4.69, 9.17) is 0 Å². The van der Waals surface area contributed by atoms with Crippen LogP contribution in [0.5, 0.6) is 0 Å². The molecule has 0 aromatic rings. The Balaban J connectivity index is 2.16. The molecule has 2 aliphatic carbocycles. The summed E-state index contributed by atoms with van der Waals surface area (Å²) in [6.45, 7) is 2.46. The van der Waals surface area contributed by atoms with E-state index in [2.05, 4.69) is 14.2 Å². The summed E-state index contributed by atoms with van der Waals surface area (Å²) in [6.07, 6.45) is 4.55. The van der Waals surface area contributed by atoms with Crippen LogP contribution in [0.1, 0.15) is 19.8 Å². The first-order valence-electron chi connectivity index (χ1n) is 3.60. The van der Waals surface area contributed by atoms with Crippen LogP contribution in [0.3, 0.4) is 0 Å². The second kappa shape index (κ2) is 0.715. The summed E-state index contributed by atoms with van der Waals surface area (Å²) >= 11 is 0. The maximum Gasteiger partial charge on any atom is 0.115 e. The third-order valence-corrected chi connectivity index (χ3v) is 4.01. The quantitative estimate of drug-likeness (QED) is 0.411. The summed E-state index contributed by atoms with van der Waals surface area (Å²) in [4.78, 5) is 0. The van der Waals surface area contributed by atoms with Gasteiger partial charge in [-0.2, -0.15) is 0 Å². The summed E-state index contributed by atoms with van der Waals surface area (Å²) in [6, 6.07) is 0. The third kappa shape index (κ3) is 0.172. The van der Waals surface area contributed by atoms with E-state index in [1.165, 1.54) is 6.32 Å². The highest BCUT2D eigenvalue weighted by Gasteiger charge is 2.78. The minimum absolute atomic E-state index is 0.840.